The van der Waals surface area contributed by atoms with Crippen LogP contribution in [-0.2, 0) is 4.74 Å². The Morgan fingerprint density at radius 2 is 1.94 bits per heavy atom. The smallest absolute Gasteiger partial charge is 0.0591 e. The van der Waals surface area contributed by atoms with E-state index in [1.54, 1.807) is 0 Å². The summed E-state index contributed by atoms with van der Waals surface area (Å²) in [6.45, 7) is 11.5. The third-order valence-electron chi connectivity index (χ3n) is 2.72. The van der Waals surface area contributed by atoms with Crippen molar-refractivity contribution in [3.8, 4) is 0 Å². The highest BCUT2D eigenvalue weighted by Gasteiger charge is 2.22. The van der Waals surface area contributed by atoms with Crippen LogP contribution in [0.15, 0.2) is 0 Å². The summed E-state index contributed by atoms with van der Waals surface area (Å²) in [5.74, 6) is 0.714. The van der Waals surface area contributed by atoms with Crippen molar-refractivity contribution in [3.63, 3.8) is 0 Å². The molecule has 0 aliphatic rings. The third-order valence-corrected chi connectivity index (χ3v) is 2.94. The Hall–Kier alpha value is 0.210. The molecule has 0 amide bonds. The van der Waals surface area contributed by atoms with Crippen LogP contribution in [0, 0.1) is 5.41 Å². The van der Waals surface area contributed by atoms with Gasteiger partial charge in [0.15, 0.2) is 0 Å². The van der Waals surface area contributed by atoms with Gasteiger partial charge in [-0.2, -0.15) is 0 Å². The second-order valence-electron chi connectivity index (χ2n) is 5.32. The molecule has 0 radical (unpaired) electrons. The molecule has 0 saturated heterocycles. The largest absolute Gasteiger partial charge is 0.380 e. The fourth-order valence-corrected chi connectivity index (χ4v) is 1.82. The van der Waals surface area contributed by atoms with Gasteiger partial charge in [0.25, 0.3) is 0 Å². The van der Waals surface area contributed by atoms with Gasteiger partial charge >= 0.3 is 0 Å². The van der Waals surface area contributed by atoms with Crippen LogP contribution in [0.25, 0.3) is 0 Å². The number of nitrogens with one attached hydrogen (secondary N) is 1. The minimum Gasteiger partial charge on any atom is -0.380 e. The van der Waals surface area contributed by atoms with Gasteiger partial charge < -0.3 is 10.1 Å². The van der Waals surface area contributed by atoms with Crippen molar-refractivity contribution in [1.82, 2.24) is 5.32 Å². The van der Waals surface area contributed by atoms with Crippen LogP contribution in [0.5, 0.6) is 0 Å². The number of hydrogen-bond donors (Lipinski definition) is 1. The maximum Gasteiger partial charge on any atom is 0.0591 e. The molecule has 0 aromatic rings. The Kier molecular flexibility index (Phi) is 9.38. The van der Waals surface area contributed by atoms with Crippen LogP contribution in [0.4, 0.5) is 0 Å². The van der Waals surface area contributed by atoms with Crippen molar-refractivity contribution in [3.05, 3.63) is 0 Å². The third kappa shape index (κ3) is 8.37. The van der Waals surface area contributed by atoms with Crippen LogP contribution in [-0.4, -0.2) is 31.7 Å². The Morgan fingerprint density at radius 3 is 2.44 bits per heavy atom. The summed E-state index contributed by atoms with van der Waals surface area (Å²) in [5, 5.41) is 3.53. The van der Waals surface area contributed by atoms with E-state index in [1.807, 2.05) is 0 Å². The van der Waals surface area contributed by atoms with Gasteiger partial charge in [-0.15, -0.1) is 11.6 Å². The van der Waals surface area contributed by atoms with Gasteiger partial charge in [-0.1, -0.05) is 34.1 Å². The van der Waals surface area contributed by atoms with Crippen LogP contribution in [0.2, 0.25) is 0 Å². The highest BCUT2D eigenvalue weighted by molar-refractivity contribution is 6.17. The standard InChI is InChI=1S/C13H28ClNO/c1-5-6-10-16-11-9-15-12(7-8-14)13(2,3)4/h12,15H,5-11H2,1-4H3. The monoisotopic (exact) mass is 249 g/mol. The fourth-order valence-electron chi connectivity index (χ4n) is 1.60. The quantitative estimate of drug-likeness (QED) is 0.499. The van der Waals surface area contributed by atoms with Crippen LogP contribution in [0.1, 0.15) is 47.0 Å². The van der Waals surface area contributed by atoms with E-state index in [4.69, 9.17) is 16.3 Å². The molecule has 0 fully saturated rings. The minimum atomic E-state index is 0.262. The summed E-state index contributed by atoms with van der Waals surface area (Å²) < 4.78 is 5.52. The Bertz CT molecular complexity index is 157. The molecule has 98 valence electrons. The molecule has 0 aliphatic carbocycles. The first kappa shape index (κ1) is 16.2. The lowest BCUT2D eigenvalue weighted by Crippen LogP contribution is -2.42. The van der Waals surface area contributed by atoms with Gasteiger partial charge in [-0.25, -0.2) is 0 Å². The average molecular weight is 250 g/mol. The van der Waals surface area contributed by atoms with Crippen LogP contribution in [0.3, 0.4) is 0 Å². The van der Waals surface area contributed by atoms with Gasteiger partial charge in [-0.05, 0) is 18.3 Å². The molecule has 0 saturated carbocycles. The van der Waals surface area contributed by atoms with Gasteiger partial charge in [0.05, 0.1) is 6.61 Å². The zero-order valence-electron chi connectivity index (χ0n) is 11.3. The van der Waals surface area contributed by atoms with Crippen molar-refractivity contribution < 1.29 is 4.74 Å². The van der Waals surface area contributed by atoms with Crippen molar-refractivity contribution in [2.75, 3.05) is 25.6 Å². The molecule has 2 nitrogen and oxygen atoms in total. The topological polar surface area (TPSA) is 21.3 Å². The zero-order chi connectivity index (χ0) is 12.4. The van der Waals surface area contributed by atoms with E-state index in [1.165, 1.54) is 6.42 Å². The first-order chi connectivity index (χ1) is 7.52. The zero-order valence-corrected chi connectivity index (χ0v) is 12.1. The predicted molar refractivity (Wildman–Crippen MR) is 72.3 cm³/mol. The van der Waals surface area contributed by atoms with Crippen molar-refractivity contribution in [2.24, 2.45) is 5.41 Å². The molecule has 3 heteroatoms. The molecule has 0 heterocycles. The summed E-state index contributed by atoms with van der Waals surface area (Å²) in [6.07, 6.45) is 3.37. The molecule has 0 rings (SSSR count). The Labute approximate surface area is 106 Å². The number of rotatable bonds is 9. The molecule has 1 atom stereocenters. The number of ether oxygens (including phenoxy) is 1. The van der Waals surface area contributed by atoms with E-state index in [0.29, 0.717) is 11.9 Å². The molecule has 0 aromatic heterocycles. The summed E-state index contributed by atoms with van der Waals surface area (Å²) in [6, 6.07) is 0.472. The van der Waals surface area contributed by atoms with Crippen LogP contribution < -0.4 is 5.32 Å². The van der Waals surface area contributed by atoms with Crippen molar-refractivity contribution >= 4 is 11.6 Å². The molecule has 16 heavy (non-hydrogen) atoms. The Balaban J connectivity index is 3.61. The Morgan fingerprint density at radius 1 is 1.25 bits per heavy atom. The second kappa shape index (κ2) is 9.26. The van der Waals surface area contributed by atoms with Gasteiger partial charge in [0.2, 0.25) is 0 Å². The molecule has 0 spiro atoms. The summed E-state index contributed by atoms with van der Waals surface area (Å²) in [7, 11) is 0. The molecule has 0 aromatic carbocycles. The lowest BCUT2D eigenvalue weighted by atomic mass is 9.85. The minimum absolute atomic E-state index is 0.262. The van der Waals surface area contributed by atoms with E-state index in [-0.39, 0.29) is 5.41 Å². The van der Waals surface area contributed by atoms with Gasteiger partial charge in [0.1, 0.15) is 0 Å². The number of unbranched alkanes of at least 4 members (excludes halogenated alkanes) is 1. The number of alkyl halides is 1. The number of hydrogen-bond acceptors (Lipinski definition) is 2. The summed E-state index contributed by atoms with van der Waals surface area (Å²) in [5.41, 5.74) is 0.262. The first-order valence-corrected chi connectivity index (χ1v) is 6.93. The lowest BCUT2D eigenvalue weighted by Gasteiger charge is -2.31. The molecule has 0 bridgehead atoms. The molecule has 1 unspecified atom stereocenters. The lowest BCUT2D eigenvalue weighted by molar-refractivity contribution is 0.125. The first-order valence-electron chi connectivity index (χ1n) is 6.39. The van der Waals surface area contributed by atoms with Gasteiger partial charge in [-0.3, -0.25) is 0 Å². The van der Waals surface area contributed by atoms with Gasteiger partial charge in [0, 0.05) is 25.1 Å². The van der Waals surface area contributed by atoms with Crippen LogP contribution >= 0.6 is 11.6 Å². The molecular formula is C13H28ClNO. The fraction of sp³-hybridized carbons (Fsp3) is 1.00. The summed E-state index contributed by atoms with van der Waals surface area (Å²) in [4.78, 5) is 0. The highest BCUT2D eigenvalue weighted by Crippen LogP contribution is 2.21. The van der Waals surface area contributed by atoms with E-state index in [9.17, 15) is 0 Å². The second-order valence-corrected chi connectivity index (χ2v) is 5.69. The maximum atomic E-state index is 5.81. The molecular weight excluding hydrogens is 222 g/mol. The van der Waals surface area contributed by atoms with E-state index < -0.39 is 0 Å². The molecule has 0 aliphatic heterocycles. The predicted octanol–water partition coefficient (Wildman–Crippen LogP) is 3.44. The van der Waals surface area contributed by atoms with Crippen molar-refractivity contribution in [1.29, 1.82) is 0 Å². The maximum absolute atomic E-state index is 5.81. The SMILES string of the molecule is CCCCOCCNC(CCCl)C(C)(C)C. The molecule has 1 N–H and O–H groups in total. The van der Waals surface area contributed by atoms with E-state index in [0.717, 1.165) is 32.6 Å². The number of halogens is 1. The highest BCUT2D eigenvalue weighted by atomic mass is 35.5. The van der Waals surface area contributed by atoms with E-state index >= 15 is 0 Å². The summed E-state index contributed by atoms with van der Waals surface area (Å²) >= 11 is 5.81. The normalized spacial score (nSPS) is 14.1. The average Bonchev–Trinajstić information content (AvgIpc) is 2.20. The van der Waals surface area contributed by atoms with E-state index in [2.05, 4.69) is 33.0 Å². The van der Waals surface area contributed by atoms with Crippen molar-refractivity contribution in [2.45, 2.75) is 53.0 Å².